The maximum atomic E-state index is 13.2. The zero-order valence-corrected chi connectivity index (χ0v) is 7.61. The molecule has 0 rings (SSSR count). The topological polar surface area (TPSA) is 29.5 Å². The van der Waals surface area contributed by atoms with Crippen molar-refractivity contribution in [3.63, 3.8) is 0 Å². The molecule has 0 aromatic heterocycles. The Morgan fingerprint density at radius 3 is 1.93 bits per heavy atom. The number of carbonyl (C=O) groups is 1. The quantitative estimate of drug-likeness (QED) is 0.325. The van der Waals surface area contributed by atoms with Crippen LogP contribution in [0.1, 0.15) is 6.92 Å². The highest BCUT2D eigenvalue weighted by atomic mass is 19.4. The van der Waals surface area contributed by atoms with E-state index in [4.69, 9.17) is 0 Å². The number of carbonyl (C=O) groups excluding carboxylic acids is 1. The Labute approximate surface area is 80.5 Å². The van der Waals surface area contributed by atoms with E-state index in [1.54, 1.807) is 0 Å². The van der Waals surface area contributed by atoms with Crippen molar-refractivity contribution in [2.75, 3.05) is 7.11 Å². The summed E-state index contributed by atoms with van der Waals surface area (Å²) in [5.41, 5.74) is -4.40. The van der Waals surface area contributed by atoms with Crippen molar-refractivity contribution >= 4 is 5.97 Å². The molecule has 0 aliphatic rings. The molecule has 0 spiro atoms. The number of hydrogen-bond acceptors (Lipinski definition) is 3. The highest BCUT2D eigenvalue weighted by molar-refractivity contribution is 5.80. The molecule has 0 aromatic carbocycles. The van der Waals surface area contributed by atoms with Crippen LogP contribution >= 0.6 is 0 Å². The SMILES string of the molecule is COC(=O)[C@@](F)(N(F)F)C(C)(F)C(F)F. The average molecular weight is 239 g/mol. The Bertz CT molecular complexity index is 246. The van der Waals surface area contributed by atoms with Crippen molar-refractivity contribution in [2.45, 2.75) is 24.8 Å². The van der Waals surface area contributed by atoms with E-state index in [1.807, 2.05) is 0 Å². The summed E-state index contributed by atoms with van der Waals surface area (Å²) in [5, 5.41) is -2.58. The van der Waals surface area contributed by atoms with Crippen LogP contribution in [-0.4, -0.2) is 36.3 Å². The van der Waals surface area contributed by atoms with Gasteiger partial charge in [-0.25, -0.2) is 22.4 Å². The van der Waals surface area contributed by atoms with Gasteiger partial charge in [-0.3, -0.25) is 0 Å². The average Bonchev–Trinajstić information content (AvgIpc) is 2.14. The van der Waals surface area contributed by atoms with Gasteiger partial charge in [-0.05, 0) is 6.92 Å². The van der Waals surface area contributed by atoms with Gasteiger partial charge in [0.05, 0.1) is 12.5 Å². The third kappa shape index (κ3) is 2.01. The van der Waals surface area contributed by atoms with Gasteiger partial charge in [-0.1, -0.05) is 8.96 Å². The Morgan fingerprint density at radius 2 is 1.73 bits per heavy atom. The van der Waals surface area contributed by atoms with E-state index in [0.717, 1.165) is 0 Å². The first-order chi connectivity index (χ1) is 6.62. The minimum atomic E-state index is -4.85. The minimum absolute atomic E-state index is 0.166. The molecular weight excluding hydrogens is 232 g/mol. The lowest BCUT2D eigenvalue weighted by Gasteiger charge is -2.32. The molecule has 0 aliphatic carbocycles. The summed E-state index contributed by atoms with van der Waals surface area (Å²) in [6.45, 7) is -0.166. The van der Waals surface area contributed by atoms with Crippen LogP contribution in [0.3, 0.4) is 0 Å². The van der Waals surface area contributed by atoms with Gasteiger partial charge < -0.3 is 4.74 Å². The molecule has 2 atom stereocenters. The predicted octanol–water partition coefficient (Wildman–Crippen LogP) is 1.89. The van der Waals surface area contributed by atoms with Gasteiger partial charge in [0.1, 0.15) is 0 Å². The van der Waals surface area contributed by atoms with Crippen molar-refractivity contribution in [1.29, 1.82) is 0 Å². The van der Waals surface area contributed by atoms with E-state index in [1.165, 1.54) is 0 Å². The summed E-state index contributed by atoms with van der Waals surface area (Å²) in [5.74, 6) is -7.30. The van der Waals surface area contributed by atoms with E-state index in [2.05, 4.69) is 4.74 Å². The van der Waals surface area contributed by atoms with Gasteiger partial charge >= 0.3 is 11.8 Å². The molecule has 0 heterocycles. The van der Waals surface area contributed by atoms with Crippen LogP contribution in [0.5, 0.6) is 0 Å². The van der Waals surface area contributed by atoms with Crippen molar-refractivity contribution in [3.05, 3.63) is 0 Å². The molecule has 9 heteroatoms. The Hall–Kier alpha value is -0.990. The first-order valence-corrected chi connectivity index (χ1v) is 3.48. The van der Waals surface area contributed by atoms with E-state index in [0.29, 0.717) is 7.11 Å². The van der Waals surface area contributed by atoms with Crippen LogP contribution in [0.25, 0.3) is 0 Å². The molecule has 0 aromatic rings. The van der Waals surface area contributed by atoms with Gasteiger partial charge in [0.25, 0.3) is 6.43 Å². The van der Waals surface area contributed by atoms with Gasteiger partial charge in [-0.15, -0.1) is 0 Å². The number of rotatable bonds is 4. The lowest BCUT2D eigenvalue weighted by atomic mass is 9.97. The standard InChI is InChI=1S/C6H7F6NO2/c1-5(9,3(7)8)6(10,13(11)12)4(14)15-2/h3H,1-2H3/t5?,6-/m1/s1. The minimum Gasteiger partial charge on any atom is -0.465 e. The first kappa shape index (κ1) is 14.0. The van der Waals surface area contributed by atoms with Crippen molar-refractivity contribution in [2.24, 2.45) is 0 Å². The zero-order valence-electron chi connectivity index (χ0n) is 7.61. The highest BCUT2D eigenvalue weighted by Crippen LogP contribution is 2.40. The summed E-state index contributed by atoms with van der Waals surface area (Å²) in [7, 11) is 0.460. The van der Waals surface area contributed by atoms with Crippen LogP contribution in [0.2, 0.25) is 0 Å². The van der Waals surface area contributed by atoms with Crippen LogP contribution in [-0.2, 0) is 9.53 Å². The Kier molecular flexibility index (Phi) is 3.97. The maximum Gasteiger partial charge on any atom is 0.368 e. The third-order valence-corrected chi connectivity index (χ3v) is 1.75. The second kappa shape index (κ2) is 4.25. The van der Waals surface area contributed by atoms with E-state index < -0.39 is 29.2 Å². The smallest absolute Gasteiger partial charge is 0.368 e. The van der Waals surface area contributed by atoms with Crippen molar-refractivity contribution in [3.8, 4) is 0 Å². The molecule has 0 saturated heterocycles. The number of hydrogen-bond donors (Lipinski definition) is 0. The maximum absolute atomic E-state index is 13.2. The Balaban J connectivity index is 5.39. The summed E-state index contributed by atoms with van der Waals surface area (Å²) < 4.78 is 77.6. The second-order valence-corrected chi connectivity index (χ2v) is 2.72. The molecule has 0 amide bonds. The molecular formula is C6H7F6NO2. The third-order valence-electron chi connectivity index (χ3n) is 1.75. The fourth-order valence-electron chi connectivity index (χ4n) is 0.714. The Morgan fingerprint density at radius 1 is 1.33 bits per heavy atom. The van der Waals surface area contributed by atoms with E-state index in [-0.39, 0.29) is 6.92 Å². The van der Waals surface area contributed by atoms with Gasteiger partial charge in [-0.2, -0.15) is 0 Å². The number of nitrogens with zero attached hydrogens (tertiary/aromatic N) is 1. The highest BCUT2D eigenvalue weighted by Gasteiger charge is 2.68. The predicted molar refractivity (Wildman–Crippen MR) is 35.4 cm³/mol. The molecule has 15 heavy (non-hydrogen) atoms. The lowest BCUT2D eigenvalue weighted by Crippen LogP contribution is -2.61. The molecule has 0 aliphatic heterocycles. The van der Waals surface area contributed by atoms with E-state index in [9.17, 15) is 31.3 Å². The van der Waals surface area contributed by atoms with E-state index >= 15 is 0 Å². The number of ether oxygens (including phenoxy) is 1. The molecule has 1 unspecified atom stereocenters. The number of halogens is 6. The van der Waals surface area contributed by atoms with Crippen LogP contribution in [0.15, 0.2) is 0 Å². The largest absolute Gasteiger partial charge is 0.465 e. The summed E-state index contributed by atoms with van der Waals surface area (Å²) in [6.07, 6.45) is -4.13. The van der Waals surface area contributed by atoms with Crippen LogP contribution < -0.4 is 0 Å². The normalized spacial score (nSPS) is 19.9. The lowest BCUT2D eigenvalue weighted by molar-refractivity contribution is -0.324. The summed E-state index contributed by atoms with van der Waals surface area (Å²) in [6, 6.07) is 0. The van der Waals surface area contributed by atoms with Crippen LogP contribution in [0, 0.1) is 0 Å². The van der Waals surface area contributed by atoms with Gasteiger partial charge in [0, 0.05) is 0 Å². The summed E-state index contributed by atoms with van der Waals surface area (Å²) in [4.78, 5) is 10.5. The fourth-order valence-corrected chi connectivity index (χ4v) is 0.714. The number of methoxy groups -OCH3 is 1. The van der Waals surface area contributed by atoms with Crippen molar-refractivity contribution < 1.29 is 36.1 Å². The first-order valence-electron chi connectivity index (χ1n) is 3.48. The van der Waals surface area contributed by atoms with Crippen molar-refractivity contribution in [1.82, 2.24) is 5.34 Å². The monoisotopic (exact) mass is 239 g/mol. The zero-order chi connectivity index (χ0) is 12.4. The number of esters is 1. The van der Waals surface area contributed by atoms with Gasteiger partial charge in [0.2, 0.25) is 5.67 Å². The molecule has 0 N–H and O–H groups in total. The van der Waals surface area contributed by atoms with Gasteiger partial charge in [0.15, 0.2) is 0 Å². The molecule has 3 nitrogen and oxygen atoms in total. The molecule has 0 radical (unpaired) electrons. The van der Waals surface area contributed by atoms with Crippen LogP contribution in [0.4, 0.5) is 26.5 Å². The molecule has 0 bridgehead atoms. The molecule has 0 saturated carbocycles. The second-order valence-electron chi connectivity index (χ2n) is 2.72. The molecule has 0 fully saturated rings. The number of alkyl halides is 4. The fraction of sp³-hybridized carbons (Fsp3) is 0.833. The summed E-state index contributed by atoms with van der Waals surface area (Å²) >= 11 is 0. The molecule has 90 valence electrons.